The molecule has 0 atom stereocenters. The number of hydrogen-bond acceptors (Lipinski definition) is 4. The lowest BCUT2D eigenvalue weighted by Gasteiger charge is -1.97. The van der Waals surface area contributed by atoms with E-state index in [0.29, 0.717) is 16.5 Å². The fraction of sp³-hybridized carbons (Fsp3) is 0.100. The van der Waals surface area contributed by atoms with Gasteiger partial charge < -0.3 is 14.3 Å². The summed E-state index contributed by atoms with van der Waals surface area (Å²) in [5, 5.41) is 9.85. The molecule has 0 bridgehead atoms. The van der Waals surface area contributed by atoms with Gasteiger partial charge in [-0.15, -0.1) is 0 Å². The summed E-state index contributed by atoms with van der Waals surface area (Å²) in [6.07, 6.45) is 1.23. The Labute approximate surface area is 79.7 Å². The fourth-order valence-electron chi connectivity index (χ4n) is 1.26. The molecule has 1 heterocycles. The first-order valence-corrected chi connectivity index (χ1v) is 4.01. The molecule has 0 radical (unpaired) electrons. The van der Waals surface area contributed by atoms with Gasteiger partial charge in [0.1, 0.15) is 11.8 Å². The molecular formula is C10H8O4. The third-order valence-corrected chi connectivity index (χ3v) is 1.97. The van der Waals surface area contributed by atoms with Crippen LogP contribution in [0.5, 0.6) is 5.75 Å². The van der Waals surface area contributed by atoms with Crippen molar-refractivity contribution in [1.29, 1.82) is 0 Å². The first-order valence-electron chi connectivity index (χ1n) is 4.01. The minimum Gasteiger partial charge on any atom is -0.504 e. The van der Waals surface area contributed by atoms with Gasteiger partial charge in [0.25, 0.3) is 0 Å². The molecule has 4 nitrogen and oxygen atoms in total. The monoisotopic (exact) mass is 192 g/mol. The van der Waals surface area contributed by atoms with Gasteiger partial charge in [-0.3, -0.25) is 0 Å². The van der Waals surface area contributed by atoms with Gasteiger partial charge in [-0.25, -0.2) is 4.79 Å². The second-order valence-electron chi connectivity index (χ2n) is 2.82. The summed E-state index contributed by atoms with van der Waals surface area (Å²) in [6.45, 7) is 0. The molecular weight excluding hydrogens is 184 g/mol. The Morgan fingerprint density at radius 2 is 2.29 bits per heavy atom. The first kappa shape index (κ1) is 8.62. The number of carbonyl (C=O) groups excluding carboxylic acids is 1. The van der Waals surface area contributed by atoms with Crippen molar-refractivity contribution in [3.63, 3.8) is 0 Å². The number of aromatic hydroxyl groups is 1. The molecule has 0 unspecified atom stereocenters. The number of esters is 1. The lowest BCUT2D eigenvalue weighted by molar-refractivity contribution is 0.0601. The van der Waals surface area contributed by atoms with Gasteiger partial charge in [0.2, 0.25) is 0 Å². The predicted octanol–water partition coefficient (Wildman–Crippen LogP) is 1.92. The Morgan fingerprint density at radius 3 is 3.00 bits per heavy atom. The number of benzene rings is 1. The molecule has 1 aromatic heterocycles. The van der Waals surface area contributed by atoms with Gasteiger partial charge >= 0.3 is 5.97 Å². The quantitative estimate of drug-likeness (QED) is 0.701. The van der Waals surface area contributed by atoms with Gasteiger partial charge in [0.05, 0.1) is 18.1 Å². The third-order valence-electron chi connectivity index (χ3n) is 1.97. The Hall–Kier alpha value is -1.97. The van der Waals surface area contributed by atoms with Crippen LogP contribution in [0.2, 0.25) is 0 Å². The number of carbonyl (C=O) groups is 1. The Morgan fingerprint density at radius 1 is 1.50 bits per heavy atom. The summed E-state index contributed by atoms with van der Waals surface area (Å²) in [7, 11) is 1.31. The smallest absolute Gasteiger partial charge is 0.337 e. The molecule has 1 N–H and O–H groups in total. The van der Waals surface area contributed by atoms with E-state index in [1.165, 1.54) is 19.4 Å². The van der Waals surface area contributed by atoms with E-state index in [-0.39, 0.29) is 5.75 Å². The van der Waals surface area contributed by atoms with Crippen LogP contribution in [0.1, 0.15) is 10.4 Å². The number of rotatable bonds is 1. The third kappa shape index (κ3) is 1.21. The van der Waals surface area contributed by atoms with E-state index in [2.05, 4.69) is 4.74 Å². The van der Waals surface area contributed by atoms with E-state index >= 15 is 0 Å². The molecule has 0 aliphatic heterocycles. The van der Waals surface area contributed by atoms with E-state index in [1.54, 1.807) is 12.1 Å². The van der Waals surface area contributed by atoms with Gasteiger partial charge in [-0.2, -0.15) is 0 Å². The Balaban J connectivity index is 2.60. The van der Waals surface area contributed by atoms with Crippen molar-refractivity contribution in [2.45, 2.75) is 0 Å². The van der Waals surface area contributed by atoms with Gasteiger partial charge in [-0.05, 0) is 18.2 Å². The van der Waals surface area contributed by atoms with Crippen LogP contribution in [0.15, 0.2) is 28.9 Å². The molecule has 2 aromatic rings. The highest BCUT2D eigenvalue weighted by atomic mass is 16.5. The zero-order valence-corrected chi connectivity index (χ0v) is 7.48. The van der Waals surface area contributed by atoms with Crippen LogP contribution in [0.3, 0.4) is 0 Å². The molecule has 0 amide bonds. The number of fused-ring (bicyclic) bond motifs is 1. The minimum atomic E-state index is -0.437. The average Bonchev–Trinajstić information content (AvgIpc) is 2.59. The van der Waals surface area contributed by atoms with E-state index in [1.807, 2.05) is 0 Å². The van der Waals surface area contributed by atoms with Crippen LogP contribution in [-0.4, -0.2) is 18.2 Å². The van der Waals surface area contributed by atoms with Crippen LogP contribution in [-0.2, 0) is 4.74 Å². The zero-order valence-electron chi connectivity index (χ0n) is 7.48. The summed E-state index contributed by atoms with van der Waals surface area (Å²) in [6, 6.07) is 4.72. The largest absolute Gasteiger partial charge is 0.504 e. The molecule has 0 saturated heterocycles. The van der Waals surface area contributed by atoms with E-state index in [0.717, 1.165) is 0 Å². The van der Waals surface area contributed by atoms with Crippen LogP contribution < -0.4 is 0 Å². The lowest BCUT2D eigenvalue weighted by atomic mass is 10.1. The van der Waals surface area contributed by atoms with E-state index in [9.17, 15) is 9.90 Å². The highest BCUT2D eigenvalue weighted by molar-refractivity contribution is 5.95. The van der Waals surface area contributed by atoms with Crippen LogP contribution in [0, 0.1) is 0 Å². The lowest BCUT2D eigenvalue weighted by Crippen LogP contribution is -1.99. The molecule has 0 fully saturated rings. The normalized spacial score (nSPS) is 10.4. The number of hydrogen-bond donors (Lipinski definition) is 1. The SMILES string of the molecule is COC(=O)c1ccc2occ(O)c2c1. The molecule has 0 spiro atoms. The summed E-state index contributed by atoms with van der Waals surface area (Å²) in [5.74, 6) is -0.418. The highest BCUT2D eigenvalue weighted by Gasteiger charge is 2.09. The standard InChI is InChI=1S/C10H8O4/c1-13-10(12)6-2-3-9-7(4-6)8(11)5-14-9/h2-5,11H,1H3. The summed E-state index contributed by atoms with van der Waals surface area (Å²) in [5.41, 5.74) is 0.923. The molecule has 72 valence electrons. The maximum atomic E-state index is 11.2. The first-order chi connectivity index (χ1) is 6.72. The van der Waals surface area contributed by atoms with Crippen molar-refractivity contribution in [1.82, 2.24) is 0 Å². The predicted molar refractivity (Wildman–Crippen MR) is 49.2 cm³/mol. The Kier molecular flexibility index (Phi) is 1.89. The van der Waals surface area contributed by atoms with Crippen molar-refractivity contribution < 1.29 is 19.1 Å². The molecule has 14 heavy (non-hydrogen) atoms. The number of furan rings is 1. The fourth-order valence-corrected chi connectivity index (χ4v) is 1.26. The molecule has 4 heteroatoms. The molecule has 1 aromatic carbocycles. The van der Waals surface area contributed by atoms with Gasteiger partial charge in [0.15, 0.2) is 5.75 Å². The van der Waals surface area contributed by atoms with Gasteiger partial charge in [-0.1, -0.05) is 0 Å². The molecule has 0 aliphatic rings. The van der Waals surface area contributed by atoms with Crippen molar-refractivity contribution >= 4 is 16.9 Å². The maximum absolute atomic E-state index is 11.2. The second-order valence-corrected chi connectivity index (χ2v) is 2.82. The molecule has 2 rings (SSSR count). The minimum absolute atomic E-state index is 0.0192. The van der Waals surface area contributed by atoms with Gasteiger partial charge in [0, 0.05) is 0 Å². The van der Waals surface area contributed by atoms with E-state index < -0.39 is 5.97 Å². The summed E-state index contributed by atoms with van der Waals surface area (Å²) < 4.78 is 9.57. The molecule has 0 saturated carbocycles. The molecule has 0 aliphatic carbocycles. The maximum Gasteiger partial charge on any atom is 0.337 e. The van der Waals surface area contributed by atoms with Crippen molar-refractivity contribution in [3.8, 4) is 5.75 Å². The van der Waals surface area contributed by atoms with Crippen molar-refractivity contribution in [2.24, 2.45) is 0 Å². The Bertz CT molecular complexity index is 484. The second kappa shape index (κ2) is 3.06. The van der Waals surface area contributed by atoms with Crippen LogP contribution in [0.25, 0.3) is 11.0 Å². The number of methoxy groups -OCH3 is 1. The topological polar surface area (TPSA) is 59.7 Å². The van der Waals surface area contributed by atoms with Crippen LogP contribution >= 0.6 is 0 Å². The van der Waals surface area contributed by atoms with Crippen molar-refractivity contribution in [2.75, 3.05) is 7.11 Å². The summed E-state index contributed by atoms with van der Waals surface area (Å²) >= 11 is 0. The average molecular weight is 192 g/mol. The highest BCUT2D eigenvalue weighted by Crippen LogP contribution is 2.27. The van der Waals surface area contributed by atoms with Crippen LogP contribution in [0.4, 0.5) is 0 Å². The number of ether oxygens (including phenoxy) is 1. The zero-order chi connectivity index (χ0) is 10.1. The summed E-state index contributed by atoms with van der Waals surface area (Å²) in [4.78, 5) is 11.2. The van der Waals surface area contributed by atoms with E-state index in [4.69, 9.17) is 4.42 Å². The van der Waals surface area contributed by atoms with Crippen molar-refractivity contribution in [3.05, 3.63) is 30.0 Å².